The molecule has 1 atom stereocenters. The number of pyridine rings is 1. The number of hydrogen-bond acceptors (Lipinski definition) is 4. The minimum absolute atomic E-state index is 0.150. The van der Waals surface area contributed by atoms with Gasteiger partial charge in [0.25, 0.3) is 0 Å². The largest absolute Gasteiger partial charge is 0.466 e. The van der Waals surface area contributed by atoms with E-state index in [1.54, 1.807) is 25.3 Å². The Morgan fingerprint density at radius 2 is 2.40 bits per heavy atom. The van der Waals surface area contributed by atoms with E-state index < -0.39 is 6.04 Å². The van der Waals surface area contributed by atoms with Crippen molar-refractivity contribution in [3.8, 4) is 0 Å². The van der Waals surface area contributed by atoms with E-state index in [-0.39, 0.29) is 12.4 Å². The van der Waals surface area contributed by atoms with Crippen LogP contribution in [-0.4, -0.2) is 17.6 Å². The first-order chi connectivity index (χ1) is 7.13. The number of ether oxygens (including phenoxy) is 1. The summed E-state index contributed by atoms with van der Waals surface area (Å²) in [5.41, 5.74) is 6.56. The van der Waals surface area contributed by atoms with Crippen molar-refractivity contribution >= 4 is 17.6 Å². The van der Waals surface area contributed by atoms with Crippen LogP contribution >= 0.6 is 11.6 Å². The Balaban J connectivity index is 2.57. The van der Waals surface area contributed by atoms with Gasteiger partial charge >= 0.3 is 5.97 Å². The second-order valence-electron chi connectivity index (χ2n) is 3.03. The molecule has 0 amide bonds. The number of halogens is 1. The van der Waals surface area contributed by atoms with Crippen LogP contribution in [0.25, 0.3) is 0 Å². The molecular weight excluding hydrogens is 216 g/mol. The van der Waals surface area contributed by atoms with Gasteiger partial charge < -0.3 is 10.5 Å². The Labute approximate surface area is 93.4 Å². The molecule has 0 bridgehead atoms. The molecule has 0 unspecified atom stereocenters. The van der Waals surface area contributed by atoms with Gasteiger partial charge in [0.2, 0.25) is 0 Å². The van der Waals surface area contributed by atoms with Gasteiger partial charge in [0, 0.05) is 12.2 Å². The molecule has 82 valence electrons. The molecule has 0 aliphatic heterocycles. The van der Waals surface area contributed by atoms with E-state index in [0.717, 1.165) is 5.56 Å². The molecule has 0 fully saturated rings. The molecule has 2 N–H and O–H groups in total. The summed E-state index contributed by atoms with van der Waals surface area (Å²) in [6, 6.07) is 3.00. The lowest BCUT2D eigenvalue weighted by Crippen LogP contribution is -2.17. The van der Waals surface area contributed by atoms with Gasteiger partial charge in [0.05, 0.1) is 13.0 Å². The topological polar surface area (TPSA) is 65.2 Å². The highest BCUT2D eigenvalue weighted by atomic mass is 35.5. The molecule has 0 radical (unpaired) electrons. The monoisotopic (exact) mass is 228 g/mol. The van der Waals surface area contributed by atoms with E-state index in [4.69, 9.17) is 22.1 Å². The Kier molecular flexibility index (Phi) is 4.52. The summed E-state index contributed by atoms with van der Waals surface area (Å²) in [7, 11) is 0. The normalized spacial score (nSPS) is 12.2. The van der Waals surface area contributed by atoms with Crippen LogP contribution in [0, 0.1) is 0 Å². The molecule has 0 aliphatic carbocycles. The predicted molar refractivity (Wildman–Crippen MR) is 57.4 cm³/mol. The van der Waals surface area contributed by atoms with E-state index >= 15 is 0 Å². The van der Waals surface area contributed by atoms with Gasteiger partial charge in [-0.25, -0.2) is 4.98 Å². The molecule has 0 saturated heterocycles. The Morgan fingerprint density at radius 3 is 2.93 bits per heavy atom. The summed E-state index contributed by atoms with van der Waals surface area (Å²) < 4.78 is 4.79. The van der Waals surface area contributed by atoms with Crippen molar-refractivity contribution in [3.63, 3.8) is 0 Å². The summed E-state index contributed by atoms with van der Waals surface area (Å²) in [5.74, 6) is -0.306. The molecule has 0 spiro atoms. The standard InChI is InChI=1S/C10H13ClN2O2/c1-2-15-10(14)5-8(12)7-3-4-9(11)13-6-7/h3-4,6,8H,2,5,12H2,1H3/t8-/m1/s1. The predicted octanol–water partition coefficient (Wildman–Crippen LogP) is 1.69. The first-order valence-corrected chi connectivity index (χ1v) is 5.04. The number of rotatable bonds is 4. The Hall–Kier alpha value is -1.13. The number of nitrogens with two attached hydrogens (primary N) is 1. The number of carbonyl (C=O) groups is 1. The van der Waals surface area contributed by atoms with Crippen LogP contribution in [0.2, 0.25) is 5.15 Å². The van der Waals surface area contributed by atoms with Gasteiger partial charge in [-0.3, -0.25) is 4.79 Å². The average molecular weight is 229 g/mol. The van der Waals surface area contributed by atoms with Crippen LogP contribution in [0.1, 0.15) is 24.9 Å². The lowest BCUT2D eigenvalue weighted by atomic mass is 10.1. The molecule has 4 nitrogen and oxygen atoms in total. The average Bonchev–Trinajstić information content (AvgIpc) is 2.18. The number of hydrogen-bond donors (Lipinski definition) is 1. The van der Waals surface area contributed by atoms with Crippen molar-refractivity contribution in [2.75, 3.05) is 6.61 Å². The Morgan fingerprint density at radius 1 is 1.67 bits per heavy atom. The molecule has 15 heavy (non-hydrogen) atoms. The molecule has 0 aliphatic rings. The van der Waals surface area contributed by atoms with Crippen molar-refractivity contribution in [2.24, 2.45) is 5.73 Å². The zero-order valence-electron chi connectivity index (χ0n) is 8.44. The fourth-order valence-electron chi connectivity index (χ4n) is 1.12. The van der Waals surface area contributed by atoms with E-state index in [0.29, 0.717) is 11.8 Å². The summed E-state index contributed by atoms with van der Waals surface area (Å²) in [6.45, 7) is 2.12. The van der Waals surface area contributed by atoms with Crippen LogP contribution in [0.3, 0.4) is 0 Å². The molecule has 5 heteroatoms. The van der Waals surface area contributed by atoms with Gasteiger partial charge in [0.1, 0.15) is 5.15 Å². The molecule has 1 aromatic heterocycles. The van der Waals surface area contributed by atoms with Crippen LogP contribution < -0.4 is 5.73 Å². The van der Waals surface area contributed by atoms with Crippen molar-refractivity contribution in [1.82, 2.24) is 4.98 Å². The smallest absolute Gasteiger partial charge is 0.307 e. The maximum atomic E-state index is 11.1. The minimum Gasteiger partial charge on any atom is -0.466 e. The maximum Gasteiger partial charge on any atom is 0.307 e. The van der Waals surface area contributed by atoms with Gasteiger partial charge in [0.15, 0.2) is 0 Å². The zero-order chi connectivity index (χ0) is 11.3. The van der Waals surface area contributed by atoms with Crippen molar-refractivity contribution in [3.05, 3.63) is 29.0 Å². The molecule has 0 aromatic carbocycles. The van der Waals surface area contributed by atoms with E-state index in [2.05, 4.69) is 4.98 Å². The summed E-state index contributed by atoms with van der Waals surface area (Å²) in [6.07, 6.45) is 1.71. The Bertz CT molecular complexity index is 327. The van der Waals surface area contributed by atoms with Crippen LogP contribution in [-0.2, 0) is 9.53 Å². The summed E-state index contributed by atoms with van der Waals surface area (Å²) in [4.78, 5) is 15.0. The highest BCUT2D eigenvalue weighted by Crippen LogP contribution is 2.15. The van der Waals surface area contributed by atoms with Crippen LogP contribution in [0.4, 0.5) is 0 Å². The van der Waals surface area contributed by atoms with Gasteiger partial charge in [-0.2, -0.15) is 0 Å². The number of aromatic nitrogens is 1. The van der Waals surface area contributed by atoms with Crippen molar-refractivity contribution in [2.45, 2.75) is 19.4 Å². The molecule has 1 rings (SSSR count). The van der Waals surface area contributed by atoms with E-state index in [1.165, 1.54) is 0 Å². The number of esters is 1. The quantitative estimate of drug-likeness (QED) is 0.629. The molecule has 1 aromatic rings. The van der Waals surface area contributed by atoms with Crippen LogP contribution in [0.15, 0.2) is 18.3 Å². The number of nitrogens with zero attached hydrogens (tertiary/aromatic N) is 1. The third kappa shape index (κ3) is 3.85. The highest BCUT2D eigenvalue weighted by Gasteiger charge is 2.12. The second-order valence-corrected chi connectivity index (χ2v) is 3.42. The lowest BCUT2D eigenvalue weighted by molar-refractivity contribution is -0.143. The maximum absolute atomic E-state index is 11.1. The highest BCUT2D eigenvalue weighted by molar-refractivity contribution is 6.29. The molecule has 0 saturated carbocycles. The summed E-state index contributed by atoms with van der Waals surface area (Å²) >= 11 is 5.63. The summed E-state index contributed by atoms with van der Waals surface area (Å²) in [5, 5.41) is 0.405. The molecular formula is C10H13ClN2O2. The SMILES string of the molecule is CCOC(=O)C[C@@H](N)c1ccc(Cl)nc1. The fourth-order valence-corrected chi connectivity index (χ4v) is 1.24. The van der Waals surface area contributed by atoms with Crippen molar-refractivity contribution in [1.29, 1.82) is 0 Å². The van der Waals surface area contributed by atoms with Gasteiger partial charge in [-0.1, -0.05) is 17.7 Å². The first-order valence-electron chi connectivity index (χ1n) is 4.66. The van der Waals surface area contributed by atoms with Gasteiger partial charge in [-0.15, -0.1) is 0 Å². The first kappa shape index (κ1) is 11.9. The molecule has 1 heterocycles. The van der Waals surface area contributed by atoms with Gasteiger partial charge in [-0.05, 0) is 18.6 Å². The minimum atomic E-state index is -0.395. The fraction of sp³-hybridized carbons (Fsp3) is 0.400. The lowest BCUT2D eigenvalue weighted by Gasteiger charge is -2.10. The van der Waals surface area contributed by atoms with E-state index in [9.17, 15) is 4.79 Å². The third-order valence-corrected chi connectivity index (χ3v) is 2.09. The third-order valence-electron chi connectivity index (χ3n) is 1.87. The van der Waals surface area contributed by atoms with Crippen molar-refractivity contribution < 1.29 is 9.53 Å². The second kappa shape index (κ2) is 5.68. The zero-order valence-corrected chi connectivity index (χ0v) is 9.20. The van der Waals surface area contributed by atoms with E-state index in [1.807, 2.05) is 0 Å². The van der Waals surface area contributed by atoms with Crippen LogP contribution in [0.5, 0.6) is 0 Å². The number of carbonyl (C=O) groups excluding carboxylic acids is 1.